The van der Waals surface area contributed by atoms with Gasteiger partial charge >= 0.3 is 6.03 Å². The number of carbonyl (C=O) groups is 2. The zero-order valence-electron chi connectivity index (χ0n) is 14.8. The maximum atomic E-state index is 12.7. The molecule has 1 N–H and O–H groups in total. The van der Waals surface area contributed by atoms with Crippen LogP contribution in [0.25, 0.3) is 0 Å². The van der Waals surface area contributed by atoms with Crippen LogP contribution in [0.4, 0.5) is 16.2 Å². The van der Waals surface area contributed by atoms with E-state index in [0.717, 1.165) is 16.3 Å². The summed E-state index contributed by atoms with van der Waals surface area (Å²) in [4.78, 5) is 29.3. The lowest BCUT2D eigenvalue weighted by molar-refractivity contribution is -0.116. The Balaban J connectivity index is 1.64. The zero-order valence-corrected chi connectivity index (χ0v) is 15.6. The standard InChI is InChI=1S/C19H21N3O3S/c1-25-17-9-4-3-8-16(17)22-11-10-21(19(22)24)13-18(23)20-14-6-5-7-15(12-14)26-2/h3-9,12H,10-11,13H2,1-2H3,(H,20,23). The molecular formula is C19H21N3O3S. The van der Waals surface area contributed by atoms with Crippen LogP contribution in [0.2, 0.25) is 0 Å². The van der Waals surface area contributed by atoms with E-state index in [0.29, 0.717) is 18.8 Å². The summed E-state index contributed by atoms with van der Waals surface area (Å²) in [5, 5.41) is 2.85. The molecule has 0 saturated carbocycles. The van der Waals surface area contributed by atoms with Crippen molar-refractivity contribution in [2.45, 2.75) is 4.90 Å². The first kappa shape index (κ1) is 18.1. The number of urea groups is 1. The smallest absolute Gasteiger partial charge is 0.325 e. The van der Waals surface area contributed by atoms with Gasteiger partial charge in [0.25, 0.3) is 0 Å². The Morgan fingerprint density at radius 1 is 1.19 bits per heavy atom. The van der Waals surface area contributed by atoms with E-state index in [1.54, 1.807) is 28.7 Å². The first-order valence-electron chi connectivity index (χ1n) is 8.25. The van der Waals surface area contributed by atoms with E-state index in [4.69, 9.17) is 4.74 Å². The number of anilines is 2. The van der Waals surface area contributed by atoms with Gasteiger partial charge in [-0.05, 0) is 36.6 Å². The second-order valence-corrected chi connectivity index (χ2v) is 6.69. The van der Waals surface area contributed by atoms with Gasteiger partial charge in [-0.1, -0.05) is 18.2 Å². The third-order valence-corrected chi connectivity index (χ3v) is 4.88. The maximum Gasteiger partial charge on any atom is 0.325 e. The molecule has 3 rings (SSSR count). The number of nitrogens with zero attached hydrogens (tertiary/aromatic N) is 2. The molecule has 0 radical (unpaired) electrons. The Bertz CT molecular complexity index is 812. The summed E-state index contributed by atoms with van der Waals surface area (Å²) < 4.78 is 5.33. The van der Waals surface area contributed by atoms with Crippen molar-refractivity contribution in [2.75, 3.05) is 43.2 Å². The number of amides is 3. The highest BCUT2D eigenvalue weighted by atomic mass is 32.2. The summed E-state index contributed by atoms with van der Waals surface area (Å²) in [5.41, 5.74) is 1.45. The molecule has 3 amide bonds. The summed E-state index contributed by atoms with van der Waals surface area (Å²) in [6.07, 6.45) is 1.98. The van der Waals surface area contributed by atoms with Crippen LogP contribution in [0.1, 0.15) is 0 Å². The molecule has 1 aliphatic heterocycles. The fourth-order valence-corrected chi connectivity index (χ4v) is 3.34. The Morgan fingerprint density at radius 2 is 2.00 bits per heavy atom. The molecule has 0 unspecified atom stereocenters. The molecule has 136 valence electrons. The highest BCUT2D eigenvalue weighted by Gasteiger charge is 2.32. The van der Waals surface area contributed by atoms with Crippen molar-refractivity contribution in [1.29, 1.82) is 0 Å². The van der Waals surface area contributed by atoms with Crippen molar-refractivity contribution in [1.82, 2.24) is 4.90 Å². The third kappa shape index (κ3) is 3.94. The molecule has 2 aromatic rings. The number of nitrogens with one attached hydrogen (secondary N) is 1. The van der Waals surface area contributed by atoms with Gasteiger partial charge in [0, 0.05) is 23.7 Å². The molecule has 1 aliphatic rings. The van der Waals surface area contributed by atoms with Gasteiger partial charge < -0.3 is 15.0 Å². The quantitative estimate of drug-likeness (QED) is 0.792. The van der Waals surface area contributed by atoms with Crippen LogP contribution < -0.4 is 15.0 Å². The van der Waals surface area contributed by atoms with Gasteiger partial charge in [0.05, 0.1) is 12.8 Å². The summed E-state index contributed by atoms with van der Waals surface area (Å²) >= 11 is 1.61. The molecule has 6 nitrogen and oxygen atoms in total. The number of para-hydroxylation sites is 2. The number of hydrogen-bond donors (Lipinski definition) is 1. The molecule has 1 heterocycles. The lowest BCUT2D eigenvalue weighted by Gasteiger charge is -2.20. The van der Waals surface area contributed by atoms with Crippen LogP contribution in [-0.2, 0) is 4.79 Å². The van der Waals surface area contributed by atoms with Crippen molar-refractivity contribution in [2.24, 2.45) is 0 Å². The number of benzene rings is 2. The zero-order chi connectivity index (χ0) is 18.5. The van der Waals surface area contributed by atoms with Crippen molar-refractivity contribution in [3.05, 3.63) is 48.5 Å². The van der Waals surface area contributed by atoms with Gasteiger partial charge in [-0.3, -0.25) is 9.69 Å². The van der Waals surface area contributed by atoms with E-state index < -0.39 is 0 Å². The predicted molar refractivity (Wildman–Crippen MR) is 104 cm³/mol. The molecular weight excluding hydrogens is 350 g/mol. The molecule has 26 heavy (non-hydrogen) atoms. The normalized spacial score (nSPS) is 13.8. The number of methoxy groups -OCH3 is 1. The summed E-state index contributed by atoms with van der Waals surface area (Å²) in [5.74, 6) is 0.430. The predicted octanol–water partition coefficient (Wildman–Crippen LogP) is 3.30. The largest absolute Gasteiger partial charge is 0.495 e. The van der Waals surface area contributed by atoms with Gasteiger partial charge in [-0.2, -0.15) is 0 Å². The van der Waals surface area contributed by atoms with Gasteiger partial charge in [0.15, 0.2) is 0 Å². The van der Waals surface area contributed by atoms with Crippen molar-refractivity contribution in [3.8, 4) is 5.75 Å². The SMILES string of the molecule is COc1ccccc1N1CCN(CC(=O)Nc2cccc(SC)c2)C1=O. The average Bonchev–Trinajstić information content (AvgIpc) is 3.02. The monoisotopic (exact) mass is 371 g/mol. The van der Waals surface area contributed by atoms with Crippen LogP contribution in [0.15, 0.2) is 53.4 Å². The molecule has 0 spiro atoms. The summed E-state index contributed by atoms with van der Waals surface area (Å²) in [6.45, 7) is 1.04. The molecule has 2 aromatic carbocycles. The summed E-state index contributed by atoms with van der Waals surface area (Å²) in [6, 6.07) is 14.8. The number of rotatable bonds is 6. The number of ether oxygens (including phenoxy) is 1. The fraction of sp³-hybridized carbons (Fsp3) is 0.263. The van der Waals surface area contributed by atoms with Gasteiger partial charge in [-0.25, -0.2) is 4.79 Å². The molecule has 1 fully saturated rings. The highest BCUT2D eigenvalue weighted by molar-refractivity contribution is 7.98. The Morgan fingerprint density at radius 3 is 2.77 bits per heavy atom. The van der Waals surface area contributed by atoms with Gasteiger partial charge in [0.2, 0.25) is 5.91 Å². The van der Waals surface area contributed by atoms with E-state index in [1.807, 2.05) is 54.8 Å². The maximum absolute atomic E-state index is 12.7. The Hall–Kier alpha value is -2.67. The second-order valence-electron chi connectivity index (χ2n) is 5.81. The lowest BCUT2D eigenvalue weighted by atomic mass is 10.2. The van der Waals surface area contributed by atoms with Crippen molar-refractivity contribution >= 4 is 35.1 Å². The Kier molecular flexibility index (Phi) is 5.68. The van der Waals surface area contributed by atoms with Crippen LogP contribution in [0.3, 0.4) is 0 Å². The number of hydrogen-bond acceptors (Lipinski definition) is 4. The van der Waals surface area contributed by atoms with Gasteiger partial charge in [-0.15, -0.1) is 11.8 Å². The van der Waals surface area contributed by atoms with E-state index in [2.05, 4.69) is 5.32 Å². The highest BCUT2D eigenvalue weighted by Crippen LogP contribution is 2.30. The van der Waals surface area contributed by atoms with Crippen LogP contribution in [-0.4, -0.2) is 49.8 Å². The Labute approximate surface area is 157 Å². The first-order valence-corrected chi connectivity index (χ1v) is 9.48. The molecule has 1 saturated heterocycles. The molecule has 0 bridgehead atoms. The molecule has 0 aliphatic carbocycles. The minimum Gasteiger partial charge on any atom is -0.495 e. The second kappa shape index (κ2) is 8.14. The number of carbonyl (C=O) groups excluding carboxylic acids is 2. The molecule has 0 aromatic heterocycles. The molecule has 0 atom stereocenters. The van der Waals surface area contributed by atoms with Crippen molar-refractivity contribution < 1.29 is 14.3 Å². The van der Waals surface area contributed by atoms with E-state index >= 15 is 0 Å². The van der Waals surface area contributed by atoms with Crippen LogP contribution >= 0.6 is 11.8 Å². The lowest BCUT2D eigenvalue weighted by Crippen LogP contribution is -2.37. The van der Waals surface area contributed by atoms with E-state index in [1.165, 1.54) is 0 Å². The van der Waals surface area contributed by atoms with Crippen LogP contribution in [0.5, 0.6) is 5.75 Å². The minimum atomic E-state index is -0.210. The number of thioether (sulfide) groups is 1. The minimum absolute atomic E-state index is 0.0218. The first-order chi connectivity index (χ1) is 12.6. The van der Waals surface area contributed by atoms with Crippen molar-refractivity contribution in [3.63, 3.8) is 0 Å². The van der Waals surface area contributed by atoms with E-state index in [9.17, 15) is 9.59 Å². The summed E-state index contributed by atoms with van der Waals surface area (Å²) in [7, 11) is 1.58. The third-order valence-electron chi connectivity index (χ3n) is 4.16. The molecule has 7 heteroatoms. The fourth-order valence-electron chi connectivity index (χ4n) is 2.88. The average molecular weight is 371 g/mol. The van der Waals surface area contributed by atoms with Gasteiger partial charge in [0.1, 0.15) is 12.3 Å². The topological polar surface area (TPSA) is 61.9 Å². The van der Waals surface area contributed by atoms with E-state index in [-0.39, 0.29) is 18.5 Å². The van der Waals surface area contributed by atoms with Crippen LogP contribution in [0, 0.1) is 0 Å².